The molecule has 0 aromatic heterocycles. The largest absolute Gasteiger partial charge is 0.459 e. The molecule has 0 fully saturated rings. The molecule has 0 saturated heterocycles. The highest BCUT2D eigenvalue weighted by Crippen LogP contribution is 2.12. The van der Waals surface area contributed by atoms with Crippen LogP contribution in [-0.2, 0) is 28.6 Å². The van der Waals surface area contributed by atoms with Gasteiger partial charge in [-0.05, 0) is 13.8 Å². The van der Waals surface area contributed by atoms with E-state index >= 15 is 0 Å². The van der Waals surface area contributed by atoms with E-state index in [0.29, 0.717) is 0 Å². The predicted octanol–water partition coefficient (Wildman–Crippen LogP) is 0.821. The van der Waals surface area contributed by atoms with Crippen molar-refractivity contribution in [1.29, 1.82) is 0 Å². The van der Waals surface area contributed by atoms with Gasteiger partial charge in [0.2, 0.25) is 0 Å². The molecule has 0 saturated carbocycles. The molecule has 0 radical (unpaired) electrons. The maximum absolute atomic E-state index is 10.9. The Bertz CT molecular complexity index is 276. The number of carbonyl (C=O) groups excluding carboxylic acids is 3. The lowest BCUT2D eigenvalue weighted by Crippen LogP contribution is -2.42. The van der Waals surface area contributed by atoms with Crippen LogP contribution in [0, 0.1) is 0 Å². The summed E-state index contributed by atoms with van der Waals surface area (Å²) < 4.78 is 14.8. The molecule has 0 rings (SSSR count). The lowest BCUT2D eigenvalue weighted by atomic mass is 10.1. The van der Waals surface area contributed by atoms with E-state index in [1.165, 1.54) is 20.8 Å². The van der Waals surface area contributed by atoms with Gasteiger partial charge in [-0.2, -0.15) is 0 Å². The lowest BCUT2D eigenvalue weighted by Gasteiger charge is -2.27. The Morgan fingerprint density at radius 2 is 1.00 bits per heavy atom. The second-order valence-corrected chi connectivity index (χ2v) is 3.70. The molecular weight excluding hydrogens is 228 g/mol. The van der Waals surface area contributed by atoms with Crippen molar-refractivity contribution >= 4 is 17.9 Å². The first kappa shape index (κ1) is 15.4. The van der Waals surface area contributed by atoms with Gasteiger partial charge in [-0.1, -0.05) is 0 Å². The van der Waals surface area contributed by atoms with Gasteiger partial charge in [0.05, 0.1) is 0 Å². The van der Waals surface area contributed by atoms with Crippen molar-refractivity contribution in [3.8, 4) is 0 Å². The van der Waals surface area contributed by atoms with Gasteiger partial charge >= 0.3 is 17.9 Å². The molecular formula is C11H18O6. The third-order valence-electron chi connectivity index (χ3n) is 1.93. The average Bonchev–Trinajstić information content (AvgIpc) is 2.11. The second kappa shape index (κ2) is 6.88. The molecule has 98 valence electrons. The van der Waals surface area contributed by atoms with E-state index in [1.807, 2.05) is 0 Å². The van der Waals surface area contributed by atoms with Crippen LogP contribution in [0.1, 0.15) is 34.6 Å². The zero-order chi connectivity index (χ0) is 13.6. The third-order valence-corrected chi connectivity index (χ3v) is 1.93. The van der Waals surface area contributed by atoms with E-state index in [-0.39, 0.29) is 0 Å². The number of hydrogen-bond donors (Lipinski definition) is 0. The molecule has 6 heteroatoms. The summed E-state index contributed by atoms with van der Waals surface area (Å²) in [4.78, 5) is 32.6. The summed E-state index contributed by atoms with van der Waals surface area (Å²) in [6.07, 6.45) is -2.20. The number of esters is 3. The van der Waals surface area contributed by atoms with E-state index in [2.05, 4.69) is 0 Å². The SMILES string of the molecule is CC(=O)OC(C)C(OC(C)=O)C(C)OC(C)=O. The fourth-order valence-electron chi connectivity index (χ4n) is 1.42. The fraction of sp³-hybridized carbons (Fsp3) is 0.727. The topological polar surface area (TPSA) is 78.9 Å². The van der Waals surface area contributed by atoms with Gasteiger partial charge in [-0.3, -0.25) is 14.4 Å². The molecule has 0 N–H and O–H groups in total. The molecule has 2 atom stereocenters. The first-order chi connectivity index (χ1) is 7.73. The van der Waals surface area contributed by atoms with Crippen LogP contribution in [0.25, 0.3) is 0 Å². The minimum absolute atomic E-state index is 0.496. The Labute approximate surface area is 100 Å². The van der Waals surface area contributed by atoms with Crippen LogP contribution >= 0.6 is 0 Å². The monoisotopic (exact) mass is 246 g/mol. The summed E-state index contributed by atoms with van der Waals surface area (Å²) in [5.41, 5.74) is 0. The van der Waals surface area contributed by atoms with E-state index in [0.717, 1.165) is 0 Å². The van der Waals surface area contributed by atoms with E-state index in [1.54, 1.807) is 13.8 Å². The Morgan fingerprint density at radius 3 is 1.24 bits per heavy atom. The number of carbonyl (C=O) groups is 3. The van der Waals surface area contributed by atoms with E-state index < -0.39 is 36.2 Å². The summed E-state index contributed by atoms with van der Waals surface area (Å²) in [5.74, 6) is -1.53. The highest BCUT2D eigenvalue weighted by atomic mass is 16.6. The van der Waals surface area contributed by atoms with Crippen molar-refractivity contribution in [1.82, 2.24) is 0 Å². The number of hydrogen-bond acceptors (Lipinski definition) is 6. The maximum atomic E-state index is 10.9. The lowest BCUT2D eigenvalue weighted by molar-refractivity contribution is -0.179. The zero-order valence-corrected chi connectivity index (χ0v) is 10.7. The molecule has 0 aromatic rings. The van der Waals surface area contributed by atoms with Crippen LogP contribution < -0.4 is 0 Å². The fourth-order valence-corrected chi connectivity index (χ4v) is 1.42. The van der Waals surface area contributed by atoms with Gasteiger partial charge in [0.15, 0.2) is 6.10 Å². The molecule has 0 aliphatic rings. The molecule has 0 aliphatic carbocycles. The van der Waals surface area contributed by atoms with Crippen molar-refractivity contribution in [3.63, 3.8) is 0 Å². The van der Waals surface area contributed by atoms with Gasteiger partial charge < -0.3 is 14.2 Å². The maximum Gasteiger partial charge on any atom is 0.303 e. The van der Waals surface area contributed by atoms with Crippen molar-refractivity contribution in [2.45, 2.75) is 52.9 Å². The quantitative estimate of drug-likeness (QED) is 0.528. The minimum atomic E-state index is -0.819. The second-order valence-electron chi connectivity index (χ2n) is 3.70. The molecule has 0 aliphatic heterocycles. The van der Waals surface area contributed by atoms with Gasteiger partial charge in [0.25, 0.3) is 0 Å². The Kier molecular flexibility index (Phi) is 6.23. The molecule has 2 unspecified atom stereocenters. The van der Waals surface area contributed by atoms with Crippen LogP contribution in [0.15, 0.2) is 0 Å². The molecule has 0 spiro atoms. The van der Waals surface area contributed by atoms with Crippen LogP contribution in [0.3, 0.4) is 0 Å². The normalized spacial score (nSPS) is 15.4. The van der Waals surface area contributed by atoms with Crippen LogP contribution in [-0.4, -0.2) is 36.2 Å². The van der Waals surface area contributed by atoms with Crippen LogP contribution in [0.4, 0.5) is 0 Å². The van der Waals surface area contributed by atoms with Crippen LogP contribution in [0.2, 0.25) is 0 Å². The molecule has 0 aromatic carbocycles. The van der Waals surface area contributed by atoms with Gasteiger partial charge in [-0.15, -0.1) is 0 Å². The number of rotatable bonds is 5. The van der Waals surface area contributed by atoms with Gasteiger partial charge in [-0.25, -0.2) is 0 Å². The molecule has 0 bridgehead atoms. The Balaban J connectivity index is 4.66. The predicted molar refractivity (Wildman–Crippen MR) is 58.0 cm³/mol. The van der Waals surface area contributed by atoms with Crippen molar-refractivity contribution in [3.05, 3.63) is 0 Å². The smallest absolute Gasteiger partial charge is 0.303 e. The molecule has 0 amide bonds. The zero-order valence-electron chi connectivity index (χ0n) is 10.7. The molecule has 17 heavy (non-hydrogen) atoms. The first-order valence-corrected chi connectivity index (χ1v) is 5.25. The van der Waals surface area contributed by atoms with Crippen molar-refractivity contribution in [2.75, 3.05) is 0 Å². The van der Waals surface area contributed by atoms with E-state index in [9.17, 15) is 14.4 Å². The summed E-state index contributed by atoms with van der Waals surface area (Å²) >= 11 is 0. The van der Waals surface area contributed by atoms with Crippen molar-refractivity contribution in [2.24, 2.45) is 0 Å². The van der Waals surface area contributed by atoms with Crippen molar-refractivity contribution < 1.29 is 28.6 Å². The molecule has 0 heterocycles. The summed E-state index contributed by atoms with van der Waals surface area (Å²) in [7, 11) is 0. The highest BCUT2D eigenvalue weighted by molar-refractivity contribution is 5.68. The van der Waals surface area contributed by atoms with Crippen LogP contribution in [0.5, 0.6) is 0 Å². The summed E-state index contributed by atoms with van der Waals surface area (Å²) in [6.45, 7) is 6.85. The Hall–Kier alpha value is -1.59. The first-order valence-electron chi connectivity index (χ1n) is 5.25. The highest BCUT2D eigenvalue weighted by Gasteiger charge is 2.30. The summed E-state index contributed by atoms with van der Waals surface area (Å²) in [6, 6.07) is 0. The standard InChI is InChI=1S/C11H18O6/c1-6(15-8(3)12)11(17-10(5)14)7(2)16-9(4)13/h6-7,11H,1-5H3. The minimum Gasteiger partial charge on any atom is -0.459 e. The third kappa shape index (κ3) is 6.55. The van der Waals surface area contributed by atoms with Gasteiger partial charge in [0.1, 0.15) is 12.2 Å². The molecule has 6 nitrogen and oxygen atoms in total. The van der Waals surface area contributed by atoms with Gasteiger partial charge in [0, 0.05) is 20.8 Å². The average molecular weight is 246 g/mol. The van der Waals surface area contributed by atoms with E-state index in [4.69, 9.17) is 14.2 Å². The Morgan fingerprint density at radius 1 is 0.706 bits per heavy atom. The summed E-state index contributed by atoms with van der Waals surface area (Å²) in [5, 5.41) is 0. The number of ether oxygens (including phenoxy) is 3.